The van der Waals surface area contributed by atoms with E-state index in [1.807, 2.05) is 0 Å². The smallest absolute Gasteiger partial charge is 0.313 e. The number of carbonyl (C=O) groups is 3. The van der Waals surface area contributed by atoms with Crippen LogP contribution in [0.5, 0.6) is 11.5 Å². The highest BCUT2D eigenvalue weighted by Gasteiger charge is 2.16. The molecule has 3 amide bonds. The predicted octanol–water partition coefficient (Wildman–Crippen LogP) is -0.394. The van der Waals surface area contributed by atoms with Crippen LogP contribution in [0.3, 0.4) is 0 Å². The molecule has 0 aromatic heterocycles. The molecular weight excluding hydrogens is 278 g/mol. The molecule has 0 unspecified atom stereocenters. The molecule has 2 rings (SSSR count). The van der Waals surface area contributed by atoms with Crippen molar-refractivity contribution in [1.29, 1.82) is 0 Å². The molecule has 0 saturated heterocycles. The number of fused-ring (bicyclic) bond motifs is 1. The summed E-state index contributed by atoms with van der Waals surface area (Å²) in [6.45, 7) is 0.879. The largest absolute Gasteiger partial charge is 0.454 e. The molecule has 1 aliphatic heterocycles. The fourth-order valence-electron chi connectivity index (χ4n) is 1.69. The molecule has 1 aromatic rings. The van der Waals surface area contributed by atoms with Gasteiger partial charge in [0, 0.05) is 24.8 Å². The van der Waals surface area contributed by atoms with E-state index in [-0.39, 0.29) is 6.79 Å². The molecule has 0 saturated carbocycles. The number of rotatable bonds is 6. The molecule has 1 aliphatic rings. The summed E-state index contributed by atoms with van der Waals surface area (Å²) in [6, 6.07) is 4.86. The summed E-state index contributed by atoms with van der Waals surface area (Å²) < 4.78 is 10.3. The Kier molecular flexibility index (Phi) is 4.97. The van der Waals surface area contributed by atoms with Crippen LogP contribution >= 0.6 is 0 Å². The molecule has 0 spiro atoms. The Morgan fingerprint density at radius 3 is 2.76 bits per heavy atom. The minimum Gasteiger partial charge on any atom is -0.454 e. The highest BCUT2D eigenvalue weighted by atomic mass is 16.7. The molecular formula is C13H15N3O5. The molecule has 8 heteroatoms. The van der Waals surface area contributed by atoms with Gasteiger partial charge in [0.1, 0.15) is 0 Å². The Hall–Kier alpha value is -2.77. The van der Waals surface area contributed by atoms with E-state index in [0.717, 1.165) is 0 Å². The summed E-state index contributed by atoms with van der Waals surface area (Å²) in [5.41, 5.74) is 0.446. The van der Waals surface area contributed by atoms with Gasteiger partial charge in [-0.05, 0) is 18.6 Å². The van der Waals surface area contributed by atoms with Gasteiger partial charge in [-0.2, -0.15) is 0 Å². The van der Waals surface area contributed by atoms with E-state index >= 15 is 0 Å². The molecule has 0 aliphatic carbocycles. The zero-order chi connectivity index (χ0) is 15.1. The highest BCUT2D eigenvalue weighted by molar-refractivity contribution is 6.39. The predicted molar refractivity (Wildman–Crippen MR) is 72.9 cm³/mol. The van der Waals surface area contributed by atoms with Crippen molar-refractivity contribution in [1.82, 2.24) is 10.6 Å². The first kappa shape index (κ1) is 14.6. The highest BCUT2D eigenvalue weighted by Crippen LogP contribution is 2.34. The van der Waals surface area contributed by atoms with Crippen molar-refractivity contribution in [3.8, 4) is 11.5 Å². The van der Waals surface area contributed by atoms with E-state index < -0.39 is 11.8 Å². The van der Waals surface area contributed by atoms with Crippen molar-refractivity contribution in [2.45, 2.75) is 6.42 Å². The van der Waals surface area contributed by atoms with Crippen LogP contribution in [-0.2, 0) is 14.4 Å². The topological polar surface area (TPSA) is 106 Å². The minimum absolute atomic E-state index is 0.141. The summed E-state index contributed by atoms with van der Waals surface area (Å²) in [4.78, 5) is 33.2. The first-order valence-electron chi connectivity index (χ1n) is 6.36. The van der Waals surface area contributed by atoms with E-state index in [1.54, 1.807) is 18.2 Å². The molecule has 1 heterocycles. The number of benzene rings is 1. The van der Waals surface area contributed by atoms with Gasteiger partial charge in [0.05, 0.1) is 0 Å². The third-order valence-corrected chi connectivity index (χ3v) is 2.70. The zero-order valence-electron chi connectivity index (χ0n) is 11.2. The number of nitrogens with one attached hydrogen (secondary N) is 3. The Morgan fingerprint density at radius 2 is 1.95 bits per heavy atom. The first-order valence-corrected chi connectivity index (χ1v) is 6.36. The number of carbonyl (C=O) groups excluding carboxylic acids is 3. The fraction of sp³-hybridized carbons (Fsp3) is 0.308. The van der Waals surface area contributed by atoms with E-state index in [9.17, 15) is 14.4 Å². The van der Waals surface area contributed by atoms with Gasteiger partial charge < -0.3 is 25.4 Å². The second-order valence-corrected chi connectivity index (χ2v) is 4.20. The van der Waals surface area contributed by atoms with E-state index in [0.29, 0.717) is 43.1 Å². The Labute approximate surface area is 120 Å². The van der Waals surface area contributed by atoms with Gasteiger partial charge in [0.2, 0.25) is 13.2 Å². The lowest BCUT2D eigenvalue weighted by atomic mass is 10.2. The number of hydrogen-bond donors (Lipinski definition) is 3. The average molecular weight is 293 g/mol. The van der Waals surface area contributed by atoms with E-state index in [1.165, 1.54) is 0 Å². The van der Waals surface area contributed by atoms with Crippen LogP contribution in [0.15, 0.2) is 18.2 Å². The van der Waals surface area contributed by atoms with Crippen LogP contribution in [0.25, 0.3) is 0 Å². The lowest BCUT2D eigenvalue weighted by Crippen LogP contribution is -2.36. The molecule has 0 fully saturated rings. The Balaban J connectivity index is 1.78. The average Bonchev–Trinajstić information content (AvgIpc) is 2.94. The molecule has 112 valence electrons. The lowest BCUT2D eigenvalue weighted by Gasteiger charge is -2.07. The Morgan fingerprint density at radius 1 is 1.14 bits per heavy atom. The molecule has 0 radical (unpaired) electrons. The van der Waals surface area contributed by atoms with Crippen LogP contribution in [0.2, 0.25) is 0 Å². The van der Waals surface area contributed by atoms with Crippen molar-refractivity contribution >= 4 is 23.9 Å². The van der Waals surface area contributed by atoms with Crippen molar-refractivity contribution in [3.63, 3.8) is 0 Å². The van der Waals surface area contributed by atoms with Crippen molar-refractivity contribution in [3.05, 3.63) is 18.2 Å². The number of hydrogen-bond acceptors (Lipinski definition) is 5. The summed E-state index contributed by atoms with van der Waals surface area (Å²) in [5.74, 6) is -0.385. The van der Waals surface area contributed by atoms with Crippen molar-refractivity contribution in [2.75, 3.05) is 25.2 Å². The van der Waals surface area contributed by atoms with Crippen LogP contribution in [0.4, 0.5) is 5.69 Å². The van der Waals surface area contributed by atoms with Crippen LogP contribution in [-0.4, -0.2) is 38.1 Å². The van der Waals surface area contributed by atoms with Gasteiger partial charge in [-0.1, -0.05) is 0 Å². The minimum atomic E-state index is -0.766. The van der Waals surface area contributed by atoms with Gasteiger partial charge in [-0.15, -0.1) is 0 Å². The zero-order valence-corrected chi connectivity index (χ0v) is 11.2. The van der Waals surface area contributed by atoms with Crippen LogP contribution in [0, 0.1) is 0 Å². The number of amides is 3. The van der Waals surface area contributed by atoms with Gasteiger partial charge >= 0.3 is 11.8 Å². The molecule has 3 N–H and O–H groups in total. The van der Waals surface area contributed by atoms with Gasteiger partial charge in [-0.3, -0.25) is 14.4 Å². The number of ether oxygens (including phenoxy) is 2. The fourth-order valence-corrected chi connectivity index (χ4v) is 1.69. The summed E-state index contributed by atoms with van der Waals surface area (Å²) in [6.07, 6.45) is 1.12. The summed E-state index contributed by atoms with van der Waals surface area (Å²) in [7, 11) is 0. The molecule has 1 aromatic carbocycles. The summed E-state index contributed by atoms with van der Waals surface area (Å²) >= 11 is 0. The lowest BCUT2D eigenvalue weighted by molar-refractivity contribution is -0.136. The second kappa shape index (κ2) is 7.13. The van der Waals surface area contributed by atoms with E-state index in [2.05, 4.69) is 16.0 Å². The van der Waals surface area contributed by atoms with Gasteiger partial charge in [0.25, 0.3) is 0 Å². The van der Waals surface area contributed by atoms with Crippen LogP contribution in [0.1, 0.15) is 6.42 Å². The maximum atomic E-state index is 11.7. The molecule has 8 nitrogen and oxygen atoms in total. The third-order valence-electron chi connectivity index (χ3n) is 2.70. The van der Waals surface area contributed by atoms with Crippen LogP contribution < -0.4 is 25.4 Å². The maximum Gasteiger partial charge on any atom is 0.313 e. The van der Waals surface area contributed by atoms with Gasteiger partial charge in [0.15, 0.2) is 11.5 Å². The first-order chi connectivity index (χ1) is 10.2. The quantitative estimate of drug-likeness (QED) is 0.376. The maximum absolute atomic E-state index is 11.7. The SMILES string of the molecule is O=CNCCCNC(=O)C(=O)Nc1ccc2c(c1)OCO2. The van der Waals surface area contributed by atoms with Crippen molar-refractivity contribution < 1.29 is 23.9 Å². The standard InChI is InChI=1S/C13H15N3O5/c17-7-14-4-1-5-15-12(18)13(19)16-9-2-3-10-11(6-9)21-8-20-10/h2-3,6-7H,1,4-5,8H2,(H,14,17)(H,15,18)(H,16,19). The Bertz CT molecular complexity index is 547. The summed E-state index contributed by atoms with van der Waals surface area (Å²) in [5, 5.41) is 7.37. The van der Waals surface area contributed by atoms with Gasteiger partial charge in [-0.25, -0.2) is 0 Å². The molecule has 0 bridgehead atoms. The third kappa shape index (κ3) is 4.10. The molecule has 21 heavy (non-hydrogen) atoms. The number of anilines is 1. The monoisotopic (exact) mass is 293 g/mol. The molecule has 0 atom stereocenters. The normalized spacial score (nSPS) is 11.6. The van der Waals surface area contributed by atoms with Crippen molar-refractivity contribution in [2.24, 2.45) is 0 Å². The van der Waals surface area contributed by atoms with E-state index in [4.69, 9.17) is 9.47 Å². The second-order valence-electron chi connectivity index (χ2n) is 4.20.